The summed E-state index contributed by atoms with van der Waals surface area (Å²) in [5.74, 6) is -0.220. The van der Waals surface area contributed by atoms with E-state index in [4.69, 9.17) is 0 Å². The lowest BCUT2D eigenvalue weighted by molar-refractivity contribution is 0.0956. The Morgan fingerprint density at radius 1 is 1.12 bits per heavy atom. The predicted molar refractivity (Wildman–Crippen MR) is 96.3 cm³/mol. The average Bonchev–Trinajstić information content (AvgIpc) is 3.17. The molecule has 0 bridgehead atoms. The van der Waals surface area contributed by atoms with Gasteiger partial charge >= 0.3 is 0 Å². The molecule has 0 aliphatic heterocycles. The number of aromatic nitrogens is 2. The van der Waals surface area contributed by atoms with Crippen molar-refractivity contribution < 1.29 is 4.79 Å². The van der Waals surface area contributed by atoms with Crippen molar-refractivity contribution >= 4 is 33.9 Å². The van der Waals surface area contributed by atoms with Gasteiger partial charge in [0.1, 0.15) is 0 Å². The van der Waals surface area contributed by atoms with Gasteiger partial charge in [-0.3, -0.25) is 4.79 Å². The lowest BCUT2D eigenvalue weighted by atomic mass is 10.2. The summed E-state index contributed by atoms with van der Waals surface area (Å²) >= 11 is 0. The van der Waals surface area contributed by atoms with Gasteiger partial charge in [-0.2, -0.15) is 5.10 Å². The molecule has 2 N–H and O–H groups in total. The van der Waals surface area contributed by atoms with Crippen molar-refractivity contribution in [3.8, 4) is 0 Å². The van der Waals surface area contributed by atoms with Crippen LogP contribution in [-0.4, -0.2) is 21.7 Å². The summed E-state index contributed by atoms with van der Waals surface area (Å²) in [6, 6.07) is 15.8. The molecule has 0 fully saturated rings. The van der Waals surface area contributed by atoms with Crippen LogP contribution in [0.4, 0.5) is 0 Å². The molecule has 0 saturated carbocycles. The normalized spacial score (nSPS) is 11.5. The molecular weight excluding hydrogens is 300 g/mol. The van der Waals surface area contributed by atoms with Gasteiger partial charge in [-0.15, -0.1) is 0 Å². The van der Waals surface area contributed by atoms with Gasteiger partial charge in [-0.05, 0) is 12.1 Å². The van der Waals surface area contributed by atoms with E-state index in [1.807, 2.05) is 72.5 Å². The first-order valence-corrected chi connectivity index (χ1v) is 7.67. The number of aryl methyl sites for hydroxylation is 1. The Balaban J connectivity index is 1.58. The summed E-state index contributed by atoms with van der Waals surface area (Å²) < 4.78 is 1.94. The number of H-pyrrole nitrogens is 1. The summed E-state index contributed by atoms with van der Waals surface area (Å²) in [6.07, 6.45) is 5.35. The number of para-hydroxylation sites is 2. The molecule has 5 nitrogen and oxygen atoms in total. The molecule has 0 saturated heterocycles. The monoisotopic (exact) mass is 316 g/mol. The van der Waals surface area contributed by atoms with Gasteiger partial charge in [0.25, 0.3) is 5.91 Å². The highest BCUT2D eigenvalue weighted by atomic mass is 16.2. The van der Waals surface area contributed by atoms with Crippen molar-refractivity contribution in [1.82, 2.24) is 15.0 Å². The number of rotatable bonds is 3. The molecule has 5 heteroatoms. The Bertz CT molecular complexity index is 1070. The molecule has 0 unspecified atom stereocenters. The highest BCUT2D eigenvalue weighted by Gasteiger charge is 2.12. The minimum absolute atomic E-state index is 0.220. The highest BCUT2D eigenvalue weighted by Crippen LogP contribution is 2.20. The number of hydrogen-bond donors (Lipinski definition) is 2. The number of nitrogens with one attached hydrogen (secondary N) is 2. The maximum atomic E-state index is 12.4. The number of fused-ring (bicyclic) bond motifs is 2. The number of benzene rings is 2. The molecule has 2 aromatic carbocycles. The minimum atomic E-state index is -0.220. The fourth-order valence-electron chi connectivity index (χ4n) is 2.94. The van der Waals surface area contributed by atoms with Crippen LogP contribution in [0.2, 0.25) is 0 Å². The number of nitrogens with zero attached hydrogens (tertiary/aromatic N) is 2. The predicted octanol–water partition coefficient (Wildman–Crippen LogP) is 3.42. The van der Waals surface area contributed by atoms with Gasteiger partial charge in [-0.1, -0.05) is 36.4 Å². The molecule has 4 aromatic rings. The smallest absolute Gasteiger partial charge is 0.273 e. The molecule has 0 aliphatic carbocycles. The number of carbonyl (C=O) groups is 1. The quantitative estimate of drug-likeness (QED) is 0.441. The zero-order valence-electron chi connectivity index (χ0n) is 13.2. The van der Waals surface area contributed by atoms with E-state index in [1.165, 1.54) is 0 Å². The molecule has 2 aromatic heterocycles. The number of aromatic amines is 1. The van der Waals surface area contributed by atoms with Crippen LogP contribution >= 0.6 is 0 Å². The SMILES string of the molecule is Cn1cc(C(=O)NN=Cc2c[nH]c3ccccc23)c2ccccc21. The number of amides is 1. The van der Waals surface area contributed by atoms with Gasteiger partial charge < -0.3 is 9.55 Å². The van der Waals surface area contributed by atoms with Crippen LogP contribution in [0.1, 0.15) is 15.9 Å². The fraction of sp³-hybridized carbons (Fsp3) is 0.0526. The van der Waals surface area contributed by atoms with Crippen LogP contribution in [0.15, 0.2) is 66.0 Å². The van der Waals surface area contributed by atoms with Crippen LogP contribution in [0.3, 0.4) is 0 Å². The van der Waals surface area contributed by atoms with E-state index >= 15 is 0 Å². The minimum Gasteiger partial charge on any atom is -0.361 e. The maximum absolute atomic E-state index is 12.4. The average molecular weight is 316 g/mol. The second-order valence-corrected chi connectivity index (χ2v) is 5.66. The van der Waals surface area contributed by atoms with Crippen LogP contribution in [0, 0.1) is 0 Å². The standard InChI is InChI=1S/C19H16N4O/c1-23-12-16(15-7-3-5-9-18(15)23)19(24)22-21-11-13-10-20-17-8-4-2-6-14(13)17/h2-12,20H,1H3,(H,22,24). The molecule has 0 atom stereocenters. The van der Waals surface area contributed by atoms with E-state index < -0.39 is 0 Å². The third-order valence-corrected chi connectivity index (χ3v) is 4.13. The molecular formula is C19H16N4O. The van der Waals surface area contributed by atoms with Gasteiger partial charge in [0.2, 0.25) is 0 Å². The zero-order valence-corrected chi connectivity index (χ0v) is 13.2. The Labute approximate surface area is 138 Å². The first kappa shape index (κ1) is 14.3. The topological polar surface area (TPSA) is 62.2 Å². The van der Waals surface area contributed by atoms with Gasteiger partial charge in [0.05, 0.1) is 11.8 Å². The van der Waals surface area contributed by atoms with Crippen LogP contribution < -0.4 is 5.43 Å². The van der Waals surface area contributed by atoms with E-state index in [-0.39, 0.29) is 5.91 Å². The largest absolute Gasteiger partial charge is 0.361 e. The summed E-state index contributed by atoms with van der Waals surface area (Å²) in [4.78, 5) is 15.6. The van der Waals surface area contributed by atoms with E-state index in [1.54, 1.807) is 6.21 Å². The van der Waals surface area contributed by atoms with Gasteiger partial charge in [0.15, 0.2) is 0 Å². The van der Waals surface area contributed by atoms with E-state index in [0.29, 0.717) is 5.56 Å². The summed E-state index contributed by atoms with van der Waals surface area (Å²) in [7, 11) is 1.92. The van der Waals surface area contributed by atoms with Crippen LogP contribution in [0.5, 0.6) is 0 Å². The third-order valence-electron chi connectivity index (χ3n) is 4.13. The number of hydrazone groups is 1. The molecule has 24 heavy (non-hydrogen) atoms. The fourth-order valence-corrected chi connectivity index (χ4v) is 2.94. The molecule has 2 heterocycles. The molecule has 1 amide bonds. The Kier molecular flexibility index (Phi) is 3.39. The molecule has 0 radical (unpaired) electrons. The zero-order chi connectivity index (χ0) is 16.5. The van der Waals surface area contributed by atoms with Crippen molar-refractivity contribution in [3.05, 3.63) is 72.1 Å². The molecule has 4 rings (SSSR count). The molecule has 0 aliphatic rings. The van der Waals surface area contributed by atoms with Crippen molar-refractivity contribution in [1.29, 1.82) is 0 Å². The Hall–Kier alpha value is -3.34. The summed E-state index contributed by atoms with van der Waals surface area (Å²) in [5.41, 5.74) is 6.22. The maximum Gasteiger partial charge on any atom is 0.273 e. The lowest BCUT2D eigenvalue weighted by Crippen LogP contribution is -2.17. The van der Waals surface area contributed by atoms with E-state index in [2.05, 4.69) is 15.5 Å². The van der Waals surface area contributed by atoms with Crippen molar-refractivity contribution in [3.63, 3.8) is 0 Å². The molecule has 0 spiro atoms. The van der Waals surface area contributed by atoms with Crippen LogP contribution in [0.25, 0.3) is 21.8 Å². The second-order valence-electron chi connectivity index (χ2n) is 5.66. The van der Waals surface area contributed by atoms with E-state index in [9.17, 15) is 4.79 Å². The second kappa shape index (κ2) is 5.70. The number of carbonyl (C=O) groups excluding carboxylic acids is 1. The lowest BCUT2D eigenvalue weighted by Gasteiger charge is -1.97. The van der Waals surface area contributed by atoms with Gasteiger partial charge in [0, 0.05) is 46.8 Å². The summed E-state index contributed by atoms with van der Waals surface area (Å²) in [5, 5.41) is 6.09. The van der Waals surface area contributed by atoms with Crippen molar-refractivity contribution in [2.24, 2.45) is 12.1 Å². The third kappa shape index (κ3) is 2.36. The van der Waals surface area contributed by atoms with Crippen molar-refractivity contribution in [2.45, 2.75) is 0 Å². The number of hydrogen-bond acceptors (Lipinski definition) is 2. The Morgan fingerprint density at radius 2 is 1.88 bits per heavy atom. The van der Waals surface area contributed by atoms with Gasteiger partial charge in [-0.25, -0.2) is 5.43 Å². The highest BCUT2D eigenvalue weighted by molar-refractivity contribution is 6.07. The molecule has 118 valence electrons. The van der Waals surface area contributed by atoms with Crippen molar-refractivity contribution in [2.75, 3.05) is 0 Å². The first-order valence-electron chi connectivity index (χ1n) is 7.67. The summed E-state index contributed by atoms with van der Waals surface area (Å²) in [6.45, 7) is 0. The van der Waals surface area contributed by atoms with E-state index in [0.717, 1.165) is 27.4 Å². The van der Waals surface area contributed by atoms with Crippen LogP contribution in [-0.2, 0) is 7.05 Å². The first-order chi connectivity index (χ1) is 11.7. The Morgan fingerprint density at radius 3 is 2.75 bits per heavy atom.